The van der Waals surface area contributed by atoms with Crippen LogP contribution in [0.1, 0.15) is 52.4 Å². The molecule has 1 spiro atoms. The summed E-state index contributed by atoms with van der Waals surface area (Å²) in [5.41, 5.74) is 16.8. The van der Waals surface area contributed by atoms with Gasteiger partial charge in [0.05, 0.1) is 5.41 Å². The summed E-state index contributed by atoms with van der Waals surface area (Å²) in [7, 11) is 0. The number of carbonyl (C=O) groups is 3. The summed E-state index contributed by atoms with van der Waals surface area (Å²) in [4.78, 5) is 36.8. The topological polar surface area (TPSA) is 131 Å². The van der Waals surface area contributed by atoms with Gasteiger partial charge in [0, 0.05) is 25.6 Å². The minimum absolute atomic E-state index is 0.00522. The Morgan fingerprint density at radius 3 is 2.40 bits per heavy atom. The van der Waals surface area contributed by atoms with E-state index < -0.39 is 17.9 Å². The zero-order valence-electron chi connectivity index (χ0n) is 15.2. The van der Waals surface area contributed by atoms with Crippen molar-refractivity contribution in [1.29, 1.82) is 0 Å². The maximum Gasteiger partial charge on any atom is 0.240 e. The van der Waals surface area contributed by atoms with Crippen LogP contribution in [0.3, 0.4) is 0 Å². The molecule has 8 heteroatoms. The van der Waals surface area contributed by atoms with E-state index in [0.29, 0.717) is 18.5 Å². The van der Waals surface area contributed by atoms with Gasteiger partial charge in [-0.1, -0.05) is 13.8 Å². The Hall–Kier alpha value is -1.67. The molecular formula is C17H31N5O3. The third kappa shape index (κ3) is 4.70. The number of β-lactam (4-membered cyclic amide) rings is 1. The van der Waals surface area contributed by atoms with E-state index in [0.717, 1.165) is 32.2 Å². The van der Waals surface area contributed by atoms with Gasteiger partial charge < -0.3 is 16.4 Å². The first-order valence-corrected chi connectivity index (χ1v) is 9.12. The summed E-state index contributed by atoms with van der Waals surface area (Å²) >= 11 is 0. The van der Waals surface area contributed by atoms with Crippen LogP contribution in [0.2, 0.25) is 0 Å². The predicted octanol–water partition coefficient (Wildman–Crippen LogP) is -0.373. The first-order chi connectivity index (χ1) is 11.7. The Labute approximate surface area is 149 Å². The number of nitrogens with two attached hydrogens (primary N) is 2. The quantitative estimate of drug-likeness (QED) is 0.332. The number of nitrogens with zero attached hydrogens (tertiary/aromatic N) is 1. The zero-order valence-corrected chi connectivity index (χ0v) is 15.2. The van der Waals surface area contributed by atoms with Gasteiger partial charge in [-0.2, -0.15) is 0 Å². The third-order valence-electron chi connectivity index (χ3n) is 5.32. The lowest BCUT2D eigenvalue weighted by atomic mass is 9.66. The lowest BCUT2D eigenvalue weighted by molar-refractivity contribution is -0.171. The van der Waals surface area contributed by atoms with Crippen molar-refractivity contribution in [2.45, 2.75) is 64.5 Å². The van der Waals surface area contributed by atoms with Crippen LogP contribution in [0.5, 0.6) is 0 Å². The fraction of sp³-hybridized carbons (Fsp3) is 0.824. The van der Waals surface area contributed by atoms with Crippen LogP contribution in [0.15, 0.2) is 0 Å². The molecule has 142 valence electrons. The molecule has 0 unspecified atom stereocenters. The number of likely N-dealkylation sites (tertiary alicyclic amines) is 1. The number of hydrazine groups is 1. The summed E-state index contributed by atoms with van der Waals surface area (Å²) in [5.74, 6) is -0.489. The molecular weight excluding hydrogens is 322 g/mol. The van der Waals surface area contributed by atoms with E-state index in [1.807, 2.05) is 0 Å². The van der Waals surface area contributed by atoms with Crippen LogP contribution in [0.4, 0.5) is 0 Å². The van der Waals surface area contributed by atoms with E-state index in [1.165, 1.54) is 4.90 Å². The van der Waals surface area contributed by atoms with Gasteiger partial charge in [-0.05, 0) is 38.0 Å². The smallest absolute Gasteiger partial charge is 0.240 e. The van der Waals surface area contributed by atoms with Crippen molar-refractivity contribution in [1.82, 2.24) is 15.8 Å². The molecule has 2 fully saturated rings. The standard InChI is InChI=1S/C17H31N5O3/c1-11(2)9-20-21-12-5-7-17(8-6-12)10-22(16(17)25)13(15(19)24)3-4-14(18)23/h11-13,20-21H,3-10H2,1-2H3,(H2,18,23)(H2,19,24)/t12?,13-,17?/m0/s1. The van der Waals surface area contributed by atoms with Crippen LogP contribution >= 0.6 is 0 Å². The van der Waals surface area contributed by atoms with Crippen molar-refractivity contribution in [2.75, 3.05) is 13.1 Å². The maximum absolute atomic E-state index is 12.7. The molecule has 1 saturated heterocycles. The van der Waals surface area contributed by atoms with Gasteiger partial charge in [0.25, 0.3) is 0 Å². The third-order valence-corrected chi connectivity index (χ3v) is 5.32. The lowest BCUT2D eigenvalue weighted by Gasteiger charge is -2.54. The van der Waals surface area contributed by atoms with E-state index in [1.54, 1.807) is 0 Å². The van der Waals surface area contributed by atoms with E-state index in [4.69, 9.17) is 11.5 Å². The van der Waals surface area contributed by atoms with E-state index in [-0.39, 0.29) is 24.2 Å². The number of carbonyl (C=O) groups excluding carboxylic acids is 3. The Kier molecular flexibility index (Phi) is 6.40. The average Bonchev–Trinajstić information content (AvgIpc) is 2.54. The largest absolute Gasteiger partial charge is 0.370 e. The SMILES string of the molecule is CC(C)CNNC1CCC2(CC1)CN([C@@H](CCC(N)=O)C(N)=O)C2=O. The van der Waals surface area contributed by atoms with Crippen LogP contribution in [0, 0.1) is 11.3 Å². The summed E-state index contributed by atoms with van der Waals surface area (Å²) in [6, 6.07) is -0.359. The van der Waals surface area contributed by atoms with Crippen molar-refractivity contribution in [2.24, 2.45) is 22.8 Å². The number of rotatable bonds is 9. The molecule has 1 saturated carbocycles. The molecule has 0 aromatic carbocycles. The molecule has 2 rings (SSSR count). The Morgan fingerprint density at radius 1 is 1.28 bits per heavy atom. The lowest BCUT2D eigenvalue weighted by Crippen LogP contribution is -2.68. The van der Waals surface area contributed by atoms with Crippen LogP contribution in [-0.4, -0.2) is 47.8 Å². The van der Waals surface area contributed by atoms with Crippen LogP contribution in [-0.2, 0) is 14.4 Å². The van der Waals surface area contributed by atoms with E-state index >= 15 is 0 Å². The molecule has 8 nitrogen and oxygen atoms in total. The Bertz CT molecular complexity index is 514. The number of hydrogen-bond acceptors (Lipinski definition) is 5. The number of amides is 3. The second-order valence-corrected chi connectivity index (χ2v) is 7.83. The van der Waals surface area contributed by atoms with Crippen molar-refractivity contribution in [3.8, 4) is 0 Å². The minimum atomic E-state index is -0.728. The molecule has 25 heavy (non-hydrogen) atoms. The number of nitrogens with one attached hydrogen (secondary N) is 2. The first kappa shape index (κ1) is 19.7. The van der Waals surface area contributed by atoms with Gasteiger partial charge in [-0.25, -0.2) is 0 Å². The second kappa shape index (κ2) is 8.14. The van der Waals surface area contributed by atoms with Gasteiger partial charge in [-0.15, -0.1) is 0 Å². The highest BCUT2D eigenvalue weighted by Gasteiger charge is 2.55. The van der Waals surface area contributed by atoms with Crippen LogP contribution in [0.25, 0.3) is 0 Å². The highest BCUT2D eigenvalue weighted by atomic mass is 16.2. The molecule has 1 aliphatic carbocycles. The zero-order chi connectivity index (χ0) is 18.6. The monoisotopic (exact) mass is 353 g/mol. The molecule has 0 aromatic heterocycles. The highest BCUT2D eigenvalue weighted by Crippen LogP contribution is 2.46. The molecule has 0 aromatic rings. The van der Waals surface area contributed by atoms with E-state index in [2.05, 4.69) is 24.7 Å². The summed E-state index contributed by atoms with van der Waals surface area (Å²) < 4.78 is 0. The second-order valence-electron chi connectivity index (χ2n) is 7.83. The van der Waals surface area contributed by atoms with Gasteiger partial charge in [-0.3, -0.25) is 25.2 Å². The normalized spacial score (nSPS) is 27.4. The Morgan fingerprint density at radius 2 is 1.92 bits per heavy atom. The predicted molar refractivity (Wildman–Crippen MR) is 93.8 cm³/mol. The van der Waals surface area contributed by atoms with Crippen molar-refractivity contribution >= 4 is 17.7 Å². The number of primary amides is 2. The maximum atomic E-state index is 12.7. The molecule has 1 aliphatic heterocycles. The molecule has 1 atom stereocenters. The van der Waals surface area contributed by atoms with Crippen molar-refractivity contribution in [3.05, 3.63) is 0 Å². The van der Waals surface area contributed by atoms with Gasteiger partial charge in [0.2, 0.25) is 17.7 Å². The summed E-state index contributed by atoms with van der Waals surface area (Å²) in [5, 5.41) is 0. The van der Waals surface area contributed by atoms with Gasteiger partial charge in [0.1, 0.15) is 6.04 Å². The molecule has 0 radical (unpaired) electrons. The van der Waals surface area contributed by atoms with Gasteiger partial charge >= 0.3 is 0 Å². The molecule has 6 N–H and O–H groups in total. The molecule has 3 amide bonds. The Balaban J connectivity index is 1.83. The molecule has 0 bridgehead atoms. The fourth-order valence-corrected chi connectivity index (χ4v) is 3.76. The highest BCUT2D eigenvalue weighted by molar-refractivity contribution is 5.94. The fourth-order valence-electron chi connectivity index (χ4n) is 3.76. The van der Waals surface area contributed by atoms with Crippen molar-refractivity contribution in [3.63, 3.8) is 0 Å². The van der Waals surface area contributed by atoms with Crippen molar-refractivity contribution < 1.29 is 14.4 Å². The molecule has 2 aliphatic rings. The molecule has 1 heterocycles. The minimum Gasteiger partial charge on any atom is -0.370 e. The van der Waals surface area contributed by atoms with Gasteiger partial charge in [0.15, 0.2) is 0 Å². The van der Waals surface area contributed by atoms with Crippen LogP contribution < -0.4 is 22.3 Å². The van der Waals surface area contributed by atoms with E-state index in [9.17, 15) is 14.4 Å². The first-order valence-electron chi connectivity index (χ1n) is 9.12. The average molecular weight is 353 g/mol. The summed E-state index contributed by atoms with van der Waals surface area (Å²) in [6.45, 7) is 5.76. The number of hydrogen-bond donors (Lipinski definition) is 4. The summed E-state index contributed by atoms with van der Waals surface area (Å²) in [6.07, 6.45) is 3.73.